The van der Waals surface area contributed by atoms with Gasteiger partial charge in [0.1, 0.15) is 17.9 Å². The summed E-state index contributed by atoms with van der Waals surface area (Å²) >= 11 is 0. The van der Waals surface area contributed by atoms with E-state index >= 15 is 0 Å². The van der Waals surface area contributed by atoms with E-state index in [4.69, 9.17) is 10.5 Å². The summed E-state index contributed by atoms with van der Waals surface area (Å²) in [5.74, 6) is 2.20. The topological polar surface area (TPSA) is 148 Å². The zero-order chi connectivity index (χ0) is 28.9. The summed E-state index contributed by atoms with van der Waals surface area (Å²) in [6.07, 6.45) is 1.82. The van der Waals surface area contributed by atoms with Crippen molar-refractivity contribution in [1.82, 2.24) is 29.6 Å². The van der Waals surface area contributed by atoms with E-state index in [-0.39, 0.29) is 17.8 Å². The Balaban J connectivity index is 1.24. The number of carbonyl (C=O) groups excluding carboxylic acids is 2. The second-order valence-corrected chi connectivity index (χ2v) is 9.70. The van der Waals surface area contributed by atoms with Gasteiger partial charge in [0, 0.05) is 57.6 Å². The minimum Gasteiger partial charge on any atom is -0.410 e. The third-order valence-corrected chi connectivity index (χ3v) is 6.76. The van der Waals surface area contributed by atoms with E-state index in [0.29, 0.717) is 36.0 Å². The highest BCUT2D eigenvalue weighted by atomic mass is 16.6. The lowest BCUT2D eigenvalue weighted by molar-refractivity contribution is -0.128. The molecular formula is C28H32N10O3. The maximum atomic E-state index is 12.6. The predicted molar refractivity (Wildman–Crippen MR) is 156 cm³/mol. The van der Waals surface area contributed by atoms with Crippen LogP contribution in [0.4, 0.5) is 33.9 Å². The Bertz CT molecular complexity index is 1520. The van der Waals surface area contributed by atoms with Gasteiger partial charge in [0.25, 0.3) is 0 Å². The van der Waals surface area contributed by atoms with Gasteiger partial charge in [-0.15, -0.1) is 5.10 Å². The highest BCUT2D eigenvalue weighted by Crippen LogP contribution is 2.23. The van der Waals surface area contributed by atoms with Gasteiger partial charge in [-0.3, -0.25) is 9.69 Å². The first kappa shape index (κ1) is 27.4. The van der Waals surface area contributed by atoms with Crippen LogP contribution in [0.25, 0.3) is 5.82 Å². The van der Waals surface area contributed by atoms with Crippen LogP contribution < -0.4 is 25.6 Å². The van der Waals surface area contributed by atoms with Crippen molar-refractivity contribution >= 4 is 41.1 Å². The monoisotopic (exact) mass is 556 g/mol. The second-order valence-electron chi connectivity index (χ2n) is 9.70. The summed E-state index contributed by atoms with van der Waals surface area (Å²) in [6.45, 7) is 6.37. The van der Waals surface area contributed by atoms with E-state index in [1.165, 1.54) is 15.9 Å². The highest BCUT2D eigenvalue weighted by Gasteiger charge is 2.19. The molecule has 2 aromatic carbocycles. The van der Waals surface area contributed by atoms with Crippen molar-refractivity contribution in [1.29, 1.82) is 0 Å². The van der Waals surface area contributed by atoms with Crippen molar-refractivity contribution in [2.45, 2.75) is 20.3 Å². The average Bonchev–Trinajstić information content (AvgIpc) is 3.16. The lowest BCUT2D eigenvalue weighted by Crippen LogP contribution is -2.33. The number of nitrogens with zero attached hydrogens (tertiary/aromatic N) is 8. The lowest BCUT2D eigenvalue weighted by Gasteiger charge is -2.22. The fraction of sp³-hybridized carbons (Fsp3) is 0.286. The number of hydrogen-bond acceptors (Lipinski definition) is 10. The molecule has 0 bridgehead atoms. The van der Waals surface area contributed by atoms with Crippen LogP contribution in [0.1, 0.15) is 18.9 Å². The molecule has 0 radical (unpaired) electrons. The minimum absolute atomic E-state index is 0.0768. The predicted octanol–water partition coefficient (Wildman–Crippen LogP) is 3.39. The Morgan fingerprint density at radius 2 is 1.71 bits per heavy atom. The van der Waals surface area contributed by atoms with Crippen LogP contribution in [0.2, 0.25) is 0 Å². The fourth-order valence-electron chi connectivity index (χ4n) is 4.41. The van der Waals surface area contributed by atoms with Crippen molar-refractivity contribution in [3.8, 4) is 11.6 Å². The lowest BCUT2D eigenvalue weighted by atomic mass is 10.2. The van der Waals surface area contributed by atoms with E-state index in [9.17, 15) is 9.59 Å². The van der Waals surface area contributed by atoms with Crippen molar-refractivity contribution in [3.05, 3.63) is 66.5 Å². The van der Waals surface area contributed by atoms with Gasteiger partial charge in [0.2, 0.25) is 17.8 Å². The van der Waals surface area contributed by atoms with Gasteiger partial charge in [-0.25, -0.2) is 14.8 Å². The molecular weight excluding hydrogens is 524 g/mol. The van der Waals surface area contributed by atoms with Crippen molar-refractivity contribution in [2.75, 3.05) is 54.1 Å². The van der Waals surface area contributed by atoms with Crippen LogP contribution in [0.3, 0.4) is 0 Å². The summed E-state index contributed by atoms with van der Waals surface area (Å²) in [7, 11) is 1.64. The molecule has 3 N–H and O–H groups in total. The number of aryl methyl sites for hydroxylation is 1. The van der Waals surface area contributed by atoms with Gasteiger partial charge < -0.3 is 25.6 Å². The molecule has 0 unspecified atom stereocenters. The SMILES string of the molecule is CC(=O)N1CCCN(c2cc(-n3nc(Nc4ccc(N(C)C(=O)Oc5ccc(C)cc5)cc4)nc3N)ncn2)CC1. The number of rotatable bonds is 6. The molecule has 13 heteroatoms. The third-order valence-electron chi connectivity index (χ3n) is 6.76. The molecule has 0 atom stereocenters. The summed E-state index contributed by atoms with van der Waals surface area (Å²) in [5.41, 5.74) is 8.61. The van der Waals surface area contributed by atoms with Crippen molar-refractivity contribution in [2.24, 2.45) is 0 Å². The molecule has 4 aromatic rings. The number of aromatic nitrogens is 5. The molecule has 1 saturated heterocycles. The van der Waals surface area contributed by atoms with Crippen LogP contribution in [-0.4, -0.2) is 74.9 Å². The number of carbonyl (C=O) groups is 2. The number of ether oxygens (including phenoxy) is 1. The van der Waals surface area contributed by atoms with Crippen LogP contribution in [0.15, 0.2) is 60.9 Å². The molecule has 2 aromatic heterocycles. The molecule has 1 fully saturated rings. The first-order valence-electron chi connectivity index (χ1n) is 13.2. The van der Waals surface area contributed by atoms with Gasteiger partial charge in [-0.2, -0.15) is 9.67 Å². The Hall–Kier alpha value is -5.20. The van der Waals surface area contributed by atoms with Gasteiger partial charge >= 0.3 is 6.09 Å². The van der Waals surface area contributed by atoms with Crippen molar-refractivity contribution < 1.29 is 14.3 Å². The molecule has 13 nitrogen and oxygen atoms in total. The van der Waals surface area contributed by atoms with Gasteiger partial charge in [0.15, 0.2) is 5.82 Å². The average molecular weight is 557 g/mol. The highest BCUT2D eigenvalue weighted by molar-refractivity contribution is 5.88. The number of anilines is 5. The number of hydrogen-bond donors (Lipinski definition) is 2. The number of nitrogens with two attached hydrogens (primary N) is 1. The van der Waals surface area contributed by atoms with E-state index in [0.717, 1.165) is 30.9 Å². The van der Waals surface area contributed by atoms with Gasteiger partial charge in [-0.1, -0.05) is 17.7 Å². The molecule has 212 valence electrons. The Morgan fingerprint density at radius 3 is 2.44 bits per heavy atom. The largest absolute Gasteiger partial charge is 0.419 e. The third kappa shape index (κ3) is 6.52. The Morgan fingerprint density at radius 1 is 0.976 bits per heavy atom. The van der Waals surface area contributed by atoms with E-state index in [1.807, 2.05) is 24.0 Å². The molecule has 0 aliphatic carbocycles. The van der Waals surface area contributed by atoms with Crippen LogP contribution >= 0.6 is 0 Å². The summed E-state index contributed by atoms with van der Waals surface area (Å²) in [4.78, 5) is 42.8. The quantitative estimate of drug-likeness (QED) is 0.362. The van der Waals surface area contributed by atoms with E-state index in [2.05, 4.69) is 30.3 Å². The van der Waals surface area contributed by atoms with Crippen LogP contribution in [0.5, 0.6) is 5.75 Å². The molecule has 0 spiro atoms. The zero-order valence-corrected chi connectivity index (χ0v) is 23.2. The summed E-state index contributed by atoms with van der Waals surface area (Å²) < 4.78 is 6.88. The maximum Gasteiger partial charge on any atom is 0.419 e. The number of benzene rings is 2. The standard InChI is InChI=1S/C28H32N10O3/c1-19-5-11-23(12-6-19)41-28(40)35(3)22-9-7-21(8-10-22)32-27-33-26(29)38(34-27)25-17-24(30-18-31-25)37-14-4-13-36(15-16-37)20(2)39/h5-12,17-18H,4,13-16H2,1-3H3,(H3,29,32,33,34). The smallest absolute Gasteiger partial charge is 0.410 e. The molecule has 3 heterocycles. The minimum atomic E-state index is -0.497. The molecule has 5 rings (SSSR count). The van der Waals surface area contributed by atoms with Crippen molar-refractivity contribution in [3.63, 3.8) is 0 Å². The number of nitrogen functional groups attached to an aromatic ring is 1. The van der Waals surface area contributed by atoms with Crippen LogP contribution in [-0.2, 0) is 4.79 Å². The first-order chi connectivity index (χ1) is 19.8. The number of amides is 2. The Kier molecular flexibility index (Phi) is 7.94. The van der Waals surface area contributed by atoms with E-state index < -0.39 is 6.09 Å². The fourth-order valence-corrected chi connectivity index (χ4v) is 4.41. The first-order valence-corrected chi connectivity index (χ1v) is 13.2. The summed E-state index contributed by atoms with van der Waals surface area (Å²) in [6, 6.07) is 16.2. The Labute approximate surface area is 237 Å². The normalized spacial score (nSPS) is 13.4. The zero-order valence-electron chi connectivity index (χ0n) is 23.2. The van der Waals surface area contributed by atoms with E-state index in [1.54, 1.807) is 56.4 Å². The molecule has 0 saturated carbocycles. The molecule has 41 heavy (non-hydrogen) atoms. The number of nitrogens with one attached hydrogen (secondary N) is 1. The van der Waals surface area contributed by atoms with Gasteiger partial charge in [-0.05, 0) is 49.7 Å². The van der Waals surface area contributed by atoms with Gasteiger partial charge in [0.05, 0.1) is 0 Å². The van der Waals surface area contributed by atoms with Crippen LogP contribution in [0, 0.1) is 6.92 Å². The molecule has 1 aliphatic rings. The molecule has 1 aliphatic heterocycles. The molecule has 2 amide bonds. The summed E-state index contributed by atoms with van der Waals surface area (Å²) in [5, 5.41) is 7.61. The maximum absolute atomic E-state index is 12.6. The second kappa shape index (κ2) is 11.9.